The van der Waals surface area contributed by atoms with Crippen LogP contribution in [-0.2, 0) is 0 Å². The minimum atomic E-state index is 0.298. The van der Waals surface area contributed by atoms with Crippen molar-refractivity contribution in [3.8, 4) is 0 Å². The molecule has 1 aliphatic carbocycles. The number of fused-ring (bicyclic) bond motifs is 1. The lowest BCUT2D eigenvalue weighted by Crippen LogP contribution is -2.29. The van der Waals surface area contributed by atoms with Gasteiger partial charge in [-0.15, -0.1) is 0 Å². The topological polar surface area (TPSA) is 38.0 Å². The van der Waals surface area contributed by atoms with Gasteiger partial charge >= 0.3 is 0 Å². The van der Waals surface area contributed by atoms with Gasteiger partial charge in [0.25, 0.3) is 0 Å². The van der Waals surface area contributed by atoms with Crippen LogP contribution in [0.25, 0.3) is 10.8 Å². The molecule has 0 heterocycles. The van der Waals surface area contributed by atoms with Gasteiger partial charge in [0.15, 0.2) is 0 Å². The maximum Gasteiger partial charge on any atom is 0.0446 e. The molecular formula is C15H18N2. The Kier molecular flexibility index (Phi) is 2.83. The van der Waals surface area contributed by atoms with Crippen LogP contribution < -0.4 is 11.1 Å². The van der Waals surface area contributed by atoms with Gasteiger partial charge in [-0.1, -0.05) is 36.4 Å². The zero-order valence-electron chi connectivity index (χ0n) is 9.89. The predicted molar refractivity (Wildman–Crippen MR) is 71.9 cm³/mol. The van der Waals surface area contributed by atoms with Gasteiger partial charge in [0, 0.05) is 18.6 Å². The Labute approximate surface area is 102 Å². The highest BCUT2D eigenvalue weighted by molar-refractivity contribution is 5.83. The van der Waals surface area contributed by atoms with Crippen molar-refractivity contribution in [2.24, 2.45) is 5.73 Å². The van der Waals surface area contributed by atoms with E-state index in [0.29, 0.717) is 18.6 Å². The summed E-state index contributed by atoms with van der Waals surface area (Å²) in [4.78, 5) is 0. The third-order valence-corrected chi connectivity index (χ3v) is 3.43. The smallest absolute Gasteiger partial charge is 0.0446 e. The van der Waals surface area contributed by atoms with Crippen molar-refractivity contribution in [3.63, 3.8) is 0 Å². The second-order valence-electron chi connectivity index (χ2n) is 4.84. The molecular weight excluding hydrogens is 208 g/mol. The molecule has 88 valence electrons. The van der Waals surface area contributed by atoms with Crippen molar-refractivity contribution in [2.75, 3.05) is 6.54 Å². The Balaban J connectivity index is 1.92. The summed E-state index contributed by atoms with van der Waals surface area (Å²) in [6.45, 7) is 0.662. The number of rotatable bonds is 4. The third kappa shape index (κ3) is 2.33. The molecule has 2 nitrogen and oxygen atoms in total. The van der Waals surface area contributed by atoms with E-state index in [0.717, 1.165) is 0 Å². The molecule has 3 rings (SSSR count). The Bertz CT molecular complexity index is 517. The average Bonchev–Trinajstić information content (AvgIpc) is 3.19. The first kappa shape index (κ1) is 10.8. The highest BCUT2D eigenvalue weighted by Crippen LogP contribution is 2.25. The van der Waals surface area contributed by atoms with Gasteiger partial charge in [0.2, 0.25) is 0 Å². The van der Waals surface area contributed by atoms with Crippen LogP contribution in [0.15, 0.2) is 42.5 Å². The van der Waals surface area contributed by atoms with Crippen LogP contribution in [0, 0.1) is 0 Å². The molecule has 1 atom stereocenters. The maximum absolute atomic E-state index is 5.86. The minimum Gasteiger partial charge on any atom is -0.329 e. The van der Waals surface area contributed by atoms with Crippen LogP contribution in [0.2, 0.25) is 0 Å². The Morgan fingerprint density at radius 1 is 1.12 bits per heavy atom. The van der Waals surface area contributed by atoms with E-state index in [4.69, 9.17) is 5.73 Å². The van der Waals surface area contributed by atoms with E-state index >= 15 is 0 Å². The molecule has 0 amide bonds. The van der Waals surface area contributed by atoms with Gasteiger partial charge in [0.05, 0.1) is 0 Å². The highest BCUT2D eigenvalue weighted by atomic mass is 15.0. The van der Waals surface area contributed by atoms with Crippen molar-refractivity contribution in [3.05, 3.63) is 48.0 Å². The Hall–Kier alpha value is -1.38. The molecule has 0 aliphatic heterocycles. The molecule has 0 aromatic heterocycles. The fourth-order valence-electron chi connectivity index (χ4n) is 2.26. The van der Waals surface area contributed by atoms with E-state index in [1.165, 1.54) is 29.2 Å². The zero-order chi connectivity index (χ0) is 11.7. The standard InChI is InChI=1S/C15H18N2/c16-10-15(17-14-7-8-14)13-6-5-11-3-1-2-4-12(11)9-13/h1-6,9,14-15,17H,7-8,10,16H2. The van der Waals surface area contributed by atoms with Crippen LogP contribution in [0.1, 0.15) is 24.4 Å². The van der Waals surface area contributed by atoms with Crippen molar-refractivity contribution < 1.29 is 0 Å². The normalized spacial score (nSPS) is 17.2. The lowest BCUT2D eigenvalue weighted by Gasteiger charge is -2.17. The summed E-state index contributed by atoms with van der Waals surface area (Å²) in [5, 5.41) is 6.18. The van der Waals surface area contributed by atoms with E-state index < -0.39 is 0 Å². The minimum absolute atomic E-state index is 0.298. The first-order chi connectivity index (χ1) is 8.36. The third-order valence-electron chi connectivity index (χ3n) is 3.43. The SMILES string of the molecule is NCC(NC1CC1)c1ccc2ccccc2c1. The summed E-state index contributed by atoms with van der Waals surface area (Å²) in [5.41, 5.74) is 7.17. The number of hydrogen-bond acceptors (Lipinski definition) is 2. The predicted octanol–water partition coefficient (Wildman–Crippen LogP) is 2.59. The molecule has 1 saturated carbocycles. The molecule has 1 aliphatic rings. The number of nitrogens with one attached hydrogen (secondary N) is 1. The largest absolute Gasteiger partial charge is 0.329 e. The van der Waals surface area contributed by atoms with Crippen molar-refractivity contribution in [1.29, 1.82) is 0 Å². The van der Waals surface area contributed by atoms with Crippen LogP contribution in [0.3, 0.4) is 0 Å². The molecule has 2 aromatic carbocycles. The van der Waals surface area contributed by atoms with Crippen LogP contribution >= 0.6 is 0 Å². The van der Waals surface area contributed by atoms with Gasteiger partial charge in [-0.3, -0.25) is 0 Å². The number of nitrogens with two attached hydrogens (primary N) is 1. The van der Waals surface area contributed by atoms with Crippen LogP contribution in [0.4, 0.5) is 0 Å². The van der Waals surface area contributed by atoms with E-state index in [-0.39, 0.29) is 0 Å². The van der Waals surface area contributed by atoms with Gasteiger partial charge in [0.1, 0.15) is 0 Å². The van der Waals surface area contributed by atoms with Crippen LogP contribution in [-0.4, -0.2) is 12.6 Å². The average molecular weight is 226 g/mol. The summed E-state index contributed by atoms with van der Waals surface area (Å²) >= 11 is 0. The summed E-state index contributed by atoms with van der Waals surface area (Å²) in [7, 11) is 0. The van der Waals surface area contributed by atoms with Crippen LogP contribution in [0.5, 0.6) is 0 Å². The first-order valence-corrected chi connectivity index (χ1v) is 6.31. The lowest BCUT2D eigenvalue weighted by atomic mass is 10.0. The molecule has 0 spiro atoms. The Morgan fingerprint density at radius 3 is 2.59 bits per heavy atom. The number of hydrogen-bond donors (Lipinski definition) is 2. The quantitative estimate of drug-likeness (QED) is 0.841. The van der Waals surface area contributed by atoms with Crippen molar-refractivity contribution >= 4 is 10.8 Å². The Morgan fingerprint density at radius 2 is 1.88 bits per heavy atom. The van der Waals surface area contributed by atoms with E-state index in [1.54, 1.807) is 0 Å². The van der Waals surface area contributed by atoms with E-state index in [2.05, 4.69) is 47.8 Å². The molecule has 1 fully saturated rings. The lowest BCUT2D eigenvalue weighted by molar-refractivity contribution is 0.539. The second-order valence-corrected chi connectivity index (χ2v) is 4.84. The summed E-state index contributed by atoms with van der Waals surface area (Å²) < 4.78 is 0. The molecule has 17 heavy (non-hydrogen) atoms. The highest BCUT2D eigenvalue weighted by Gasteiger charge is 2.24. The molecule has 2 aromatic rings. The maximum atomic E-state index is 5.86. The van der Waals surface area contributed by atoms with E-state index in [1.807, 2.05) is 0 Å². The fraction of sp³-hybridized carbons (Fsp3) is 0.333. The molecule has 0 bridgehead atoms. The summed E-state index contributed by atoms with van der Waals surface area (Å²) in [6, 6.07) is 16.1. The first-order valence-electron chi connectivity index (χ1n) is 6.31. The fourth-order valence-corrected chi connectivity index (χ4v) is 2.26. The molecule has 1 unspecified atom stereocenters. The van der Waals surface area contributed by atoms with Crippen molar-refractivity contribution in [2.45, 2.75) is 24.9 Å². The van der Waals surface area contributed by atoms with Gasteiger partial charge in [-0.2, -0.15) is 0 Å². The van der Waals surface area contributed by atoms with Gasteiger partial charge in [-0.05, 0) is 35.2 Å². The molecule has 0 radical (unpaired) electrons. The molecule has 3 N–H and O–H groups in total. The number of benzene rings is 2. The van der Waals surface area contributed by atoms with Crippen molar-refractivity contribution in [1.82, 2.24) is 5.32 Å². The molecule has 2 heteroatoms. The molecule has 0 saturated heterocycles. The van der Waals surface area contributed by atoms with Gasteiger partial charge in [-0.25, -0.2) is 0 Å². The summed E-state index contributed by atoms with van der Waals surface area (Å²) in [6.07, 6.45) is 2.59. The van der Waals surface area contributed by atoms with E-state index in [9.17, 15) is 0 Å². The zero-order valence-corrected chi connectivity index (χ0v) is 9.89. The summed E-state index contributed by atoms with van der Waals surface area (Å²) in [5.74, 6) is 0. The van der Waals surface area contributed by atoms with Gasteiger partial charge < -0.3 is 11.1 Å². The second kappa shape index (κ2) is 4.47. The monoisotopic (exact) mass is 226 g/mol.